The van der Waals surface area contributed by atoms with Gasteiger partial charge in [0.1, 0.15) is 0 Å². The molecule has 0 saturated carbocycles. The molecule has 3 rings (SSSR count). The number of hydrogen-bond donors (Lipinski definition) is 2. The largest absolute Gasteiger partial charge is 0.391 e. The van der Waals surface area contributed by atoms with E-state index >= 15 is 0 Å². The molecule has 2 aliphatic rings. The van der Waals surface area contributed by atoms with E-state index in [2.05, 4.69) is 17.4 Å². The zero-order valence-corrected chi connectivity index (χ0v) is 15.9. The molecule has 0 radical (unpaired) electrons. The summed E-state index contributed by atoms with van der Waals surface area (Å²) < 4.78 is 28.7. The van der Waals surface area contributed by atoms with Crippen LogP contribution in [0.2, 0.25) is 0 Å². The zero-order valence-electron chi connectivity index (χ0n) is 15.0. The molecule has 0 bridgehead atoms. The minimum absolute atomic E-state index is 0.0581. The standard InChI is InChI=1S/C18H27N3O4S/c1-19-18(23)11-16-12-21(13-17(16)22)26(24,25)20-9-7-15(8-10-20)14-5-3-2-4-6-14/h2-6,15-17,22H,7-13H2,1H3,(H,19,23)/t16-,17-/m1/s1. The van der Waals surface area contributed by atoms with Crippen molar-refractivity contribution in [2.24, 2.45) is 5.92 Å². The fourth-order valence-corrected chi connectivity index (χ4v) is 5.57. The highest BCUT2D eigenvalue weighted by molar-refractivity contribution is 7.86. The molecule has 1 aromatic carbocycles. The van der Waals surface area contributed by atoms with Gasteiger partial charge in [-0.2, -0.15) is 17.0 Å². The van der Waals surface area contributed by atoms with Gasteiger partial charge in [0.25, 0.3) is 10.2 Å². The van der Waals surface area contributed by atoms with Gasteiger partial charge in [-0.15, -0.1) is 0 Å². The molecule has 0 aromatic heterocycles. The Hall–Kier alpha value is -1.48. The van der Waals surface area contributed by atoms with Gasteiger partial charge in [-0.3, -0.25) is 4.79 Å². The highest BCUT2D eigenvalue weighted by atomic mass is 32.2. The Morgan fingerprint density at radius 1 is 1.15 bits per heavy atom. The van der Waals surface area contributed by atoms with E-state index in [0.717, 1.165) is 12.8 Å². The van der Waals surface area contributed by atoms with Gasteiger partial charge >= 0.3 is 0 Å². The van der Waals surface area contributed by atoms with Crippen LogP contribution in [-0.2, 0) is 15.0 Å². The molecular weight excluding hydrogens is 354 g/mol. The van der Waals surface area contributed by atoms with Crippen LogP contribution in [0, 0.1) is 5.92 Å². The molecule has 7 nitrogen and oxygen atoms in total. The van der Waals surface area contributed by atoms with Crippen LogP contribution in [0.15, 0.2) is 30.3 Å². The second kappa shape index (κ2) is 8.04. The average molecular weight is 381 g/mol. The Bertz CT molecular complexity index is 717. The van der Waals surface area contributed by atoms with Gasteiger partial charge in [-0.05, 0) is 24.3 Å². The van der Waals surface area contributed by atoms with E-state index in [1.807, 2.05) is 18.2 Å². The maximum atomic E-state index is 12.9. The number of amides is 1. The second-order valence-electron chi connectivity index (χ2n) is 7.11. The third-order valence-corrected chi connectivity index (χ3v) is 7.45. The zero-order chi connectivity index (χ0) is 18.7. The Kier molecular flexibility index (Phi) is 5.96. The van der Waals surface area contributed by atoms with E-state index < -0.39 is 16.3 Å². The van der Waals surface area contributed by atoms with E-state index in [-0.39, 0.29) is 31.3 Å². The molecule has 26 heavy (non-hydrogen) atoms. The third kappa shape index (κ3) is 4.09. The van der Waals surface area contributed by atoms with E-state index in [0.29, 0.717) is 19.0 Å². The van der Waals surface area contributed by atoms with Crippen molar-refractivity contribution in [3.05, 3.63) is 35.9 Å². The Balaban J connectivity index is 1.60. The Morgan fingerprint density at radius 3 is 2.42 bits per heavy atom. The summed E-state index contributed by atoms with van der Waals surface area (Å²) in [6, 6.07) is 10.2. The Morgan fingerprint density at radius 2 is 1.81 bits per heavy atom. The molecule has 2 atom stereocenters. The van der Waals surface area contributed by atoms with Gasteiger partial charge in [0.2, 0.25) is 5.91 Å². The molecule has 1 aromatic rings. The fraction of sp³-hybridized carbons (Fsp3) is 0.611. The Labute approximate surface area is 155 Å². The SMILES string of the molecule is CNC(=O)C[C@@H]1CN(S(=O)(=O)N2CCC(c3ccccc3)CC2)C[C@H]1O. The monoisotopic (exact) mass is 381 g/mol. The van der Waals surface area contributed by atoms with Crippen molar-refractivity contribution in [2.75, 3.05) is 33.2 Å². The number of aliphatic hydroxyl groups excluding tert-OH is 1. The molecule has 0 unspecified atom stereocenters. The summed E-state index contributed by atoms with van der Waals surface area (Å²) in [7, 11) is -2.06. The molecular formula is C18H27N3O4S. The van der Waals surface area contributed by atoms with Crippen LogP contribution in [0.1, 0.15) is 30.7 Å². The van der Waals surface area contributed by atoms with Crippen molar-refractivity contribution in [2.45, 2.75) is 31.3 Å². The van der Waals surface area contributed by atoms with Crippen molar-refractivity contribution in [1.82, 2.24) is 13.9 Å². The number of β-amino-alcohol motifs (C(OH)–C–C–N with tert-alkyl or cyclic N) is 1. The third-order valence-electron chi connectivity index (χ3n) is 5.48. The smallest absolute Gasteiger partial charge is 0.282 e. The molecule has 144 valence electrons. The van der Waals surface area contributed by atoms with E-state index in [1.54, 1.807) is 0 Å². The van der Waals surface area contributed by atoms with Gasteiger partial charge < -0.3 is 10.4 Å². The summed E-state index contributed by atoms with van der Waals surface area (Å²) >= 11 is 0. The maximum absolute atomic E-state index is 12.9. The second-order valence-corrected chi connectivity index (χ2v) is 9.04. The summed E-state index contributed by atoms with van der Waals surface area (Å²) in [5.41, 5.74) is 1.26. The van der Waals surface area contributed by atoms with Crippen LogP contribution < -0.4 is 5.32 Å². The first kappa shape index (κ1) is 19.3. The summed E-state index contributed by atoms with van der Waals surface area (Å²) in [4.78, 5) is 11.5. The number of aliphatic hydroxyl groups is 1. The van der Waals surface area contributed by atoms with Crippen molar-refractivity contribution >= 4 is 16.1 Å². The minimum atomic E-state index is -3.60. The molecule has 2 fully saturated rings. The maximum Gasteiger partial charge on any atom is 0.282 e. The normalized spacial score (nSPS) is 26.1. The van der Waals surface area contributed by atoms with Crippen molar-refractivity contribution in [1.29, 1.82) is 0 Å². The number of hydrogen-bond acceptors (Lipinski definition) is 4. The lowest BCUT2D eigenvalue weighted by Crippen LogP contribution is -2.46. The topological polar surface area (TPSA) is 90.0 Å². The highest BCUT2D eigenvalue weighted by Gasteiger charge is 2.41. The molecule has 2 saturated heterocycles. The summed E-state index contributed by atoms with van der Waals surface area (Å²) in [6.45, 7) is 1.21. The van der Waals surface area contributed by atoms with Crippen molar-refractivity contribution < 1.29 is 18.3 Å². The van der Waals surface area contributed by atoms with Crippen LogP contribution in [0.4, 0.5) is 0 Å². The summed E-state index contributed by atoms with van der Waals surface area (Å²) in [5, 5.41) is 12.7. The molecule has 2 N–H and O–H groups in total. The molecule has 0 aliphatic carbocycles. The lowest BCUT2D eigenvalue weighted by molar-refractivity contribution is -0.122. The summed E-state index contributed by atoms with van der Waals surface area (Å²) in [5.74, 6) is -0.156. The molecule has 2 aliphatic heterocycles. The first-order valence-electron chi connectivity index (χ1n) is 9.10. The van der Waals surface area contributed by atoms with Crippen LogP contribution in [0.5, 0.6) is 0 Å². The lowest BCUT2D eigenvalue weighted by Gasteiger charge is -2.33. The summed E-state index contributed by atoms with van der Waals surface area (Å²) in [6.07, 6.45) is 0.923. The van der Waals surface area contributed by atoms with Crippen LogP contribution in [0.25, 0.3) is 0 Å². The number of carbonyl (C=O) groups excluding carboxylic acids is 1. The lowest BCUT2D eigenvalue weighted by atomic mass is 9.90. The van der Waals surface area contributed by atoms with Gasteiger partial charge in [0.15, 0.2) is 0 Å². The van der Waals surface area contributed by atoms with E-state index in [4.69, 9.17) is 0 Å². The van der Waals surface area contributed by atoms with E-state index in [9.17, 15) is 18.3 Å². The molecule has 8 heteroatoms. The van der Waals surface area contributed by atoms with Crippen molar-refractivity contribution in [3.8, 4) is 0 Å². The molecule has 2 heterocycles. The number of rotatable bonds is 5. The number of nitrogens with zero attached hydrogens (tertiary/aromatic N) is 2. The molecule has 1 amide bonds. The minimum Gasteiger partial charge on any atom is -0.391 e. The van der Waals surface area contributed by atoms with Crippen LogP contribution >= 0.6 is 0 Å². The number of nitrogens with one attached hydrogen (secondary N) is 1. The first-order valence-corrected chi connectivity index (χ1v) is 10.5. The van der Waals surface area contributed by atoms with Crippen LogP contribution in [-0.4, -0.2) is 67.4 Å². The number of piperidine rings is 1. The number of benzene rings is 1. The number of carbonyl (C=O) groups is 1. The van der Waals surface area contributed by atoms with Crippen LogP contribution in [0.3, 0.4) is 0 Å². The average Bonchev–Trinajstić information content (AvgIpc) is 3.03. The quantitative estimate of drug-likeness (QED) is 0.779. The predicted molar refractivity (Wildman–Crippen MR) is 98.7 cm³/mol. The first-order chi connectivity index (χ1) is 12.4. The fourth-order valence-electron chi connectivity index (χ4n) is 3.85. The van der Waals surface area contributed by atoms with E-state index in [1.165, 1.54) is 21.2 Å². The van der Waals surface area contributed by atoms with Gasteiger partial charge in [0.05, 0.1) is 6.10 Å². The van der Waals surface area contributed by atoms with Gasteiger partial charge in [0, 0.05) is 45.6 Å². The predicted octanol–water partition coefficient (Wildman–Crippen LogP) is 0.540. The van der Waals surface area contributed by atoms with Gasteiger partial charge in [-0.1, -0.05) is 30.3 Å². The van der Waals surface area contributed by atoms with Crippen molar-refractivity contribution in [3.63, 3.8) is 0 Å². The molecule has 0 spiro atoms. The van der Waals surface area contributed by atoms with Gasteiger partial charge in [-0.25, -0.2) is 0 Å². The highest BCUT2D eigenvalue weighted by Crippen LogP contribution is 2.31.